The number of hydrogen-bond acceptors (Lipinski definition) is 7. The number of unbranched alkanes of at least 4 members (excludes halogenated alkanes) is 5. The molecule has 4 aromatic rings. The van der Waals surface area contributed by atoms with Crippen LogP contribution in [0.3, 0.4) is 0 Å². The lowest BCUT2D eigenvalue weighted by molar-refractivity contribution is -0.135. The molecule has 4 rings (SSSR count). The van der Waals surface area contributed by atoms with Gasteiger partial charge >= 0.3 is 11.9 Å². The van der Waals surface area contributed by atoms with E-state index in [1.807, 2.05) is 6.07 Å². The van der Waals surface area contributed by atoms with Gasteiger partial charge in [0.25, 0.3) is 0 Å². The van der Waals surface area contributed by atoms with Gasteiger partial charge in [-0.05, 0) is 60.9 Å². The molecule has 0 spiro atoms. The molecule has 204 valence electrons. The summed E-state index contributed by atoms with van der Waals surface area (Å²) in [5.41, 5.74) is 1.43. The van der Waals surface area contributed by atoms with Crippen molar-refractivity contribution in [1.82, 2.24) is 9.97 Å². The number of ether oxygens (including phenoxy) is 2. The van der Waals surface area contributed by atoms with Gasteiger partial charge in [0.15, 0.2) is 0 Å². The molecule has 0 unspecified atom stereocenters. The van der Waals surface area contributed by atoms with Crippen LogP contribution in [0.15, 0.2) is 66.9 Å². The van der Waals surface area contributed by atoms with Crippen molar-refractivity contribution < 1.29 is 27.8 Å². The minimum absolute atomic E-state index is 0.0833. The highest BCUT2D eigenvalue weighted by molar-refractivity contribution is 5.81. The summed E-state index contributed by atoms with van der Waals surface area (Å²) in [5.74, 6) is -1.08. The van der Waals surface area contributed by atoms with Crippen LogP contribution in [0.4, 0.5) is 8.78 Å². The summed E-state index contributed by atoms with van der Waals surface area (Å²) in [4.78, 5) is 32.3. The minimum Gasteiger partial charge on any atom is -0.427 e. The van der Waals surface area contributed by atoms with Crippen LogP contribution in [0.2, 0.25) is 0 Å². The van der Waals surface area contributed by atoms with Crippen molar-refractivity contribution in [3.05, 3.63) is 84.3 Å². The Bertz CT molecular complexity index is 1530. The lowest BCUT2D eigenvalue weighted by Gasteiger charge is -2.08. The molecule has 1 aromatic heterocycles. The predicted octanol–water partition coefficient (Wildman–Crippen LogP) is 7.08. The summed E-state index contributed by atoms with van der Waals surface area (Å²) in [6.45, 7) is 0. The average molecular weight is 544 g/mol. The number of rotatable bonds is 12. The average Bonchev–Trinajstić information content (AvgIpc) is 2.95. The van der Waals surface area contributed by atoms with E-state index in [4.69, 9.17) is 14.7 Å². The molecular weight excluding hydrogens is 516 g/mol. The molecule has 0 amide bonds. The Hall–Kier alpha value is -4.71. The van der Waals surface area contributed by atoms with Crippen molar-refractivity contribution in [2.75, 3.05) is 0 Å². The van der Waals surface area contributed by atoms with E-state index >= 15 is 0 Å². The van der Waals surface area contributed by atoms with Gasteiger partial charge in [0, 0.05) is 36.1 Å². The molecule has 0 N–H and O–H groups in total. The smallest absolute Gasteiger partial charge is 0.311 e. The maximum absolute atomic E-state index is 14.5. The Morgan fingerprint density at radius 1 is 0.775 bits per heavy atom. The summed E-state index contributed by atoms with van der Waals surface area (Å²) in [6.07, 6.45) is 6.93. The monoisotopic (exact) mass is 543 g/mol. The van der Waals surface area contributed by atoms with Crippen LogP contribution in [-0.2, 0) is 9.59 Å². The van der Waals surface area contributed by atoms with Crippen LogP contribution in [0.1, 0.15) is 57.2 Å². The second-order valence-corrected chi connectivity index (χ2v) is 9.24. The molecule has 7 nitrogen and oxygen atoms in total. The molecule has 0 radical (unpaired) electrons. The van der Waals surface area contributed by atoms with E-state index in [0.717, 1.165) is 31.7 Å². The number of benzene rings is 3. The van der Waals surface area contributed by atoms with E-state index in [2.05, 4.69) is 9.97 Å². The quantitative estimate of drug-likeness (QED) is 0.107. The summed E-state index contributed by atoms with van der Waals surface area (Å²) < 4.78 is 38.2. The number of aromatic nitrogens is 2. The molecule has 3 aromatic carbocycles. The fourth-order valence-corrected chi connectivity index (χ4v) is 4.16. The van der Waals surface area contributed by atoms with Crippen LogP contribution in [-0.4, -0.2) is 21.9 Å². The number of carbonyl (C=O) groups is 2. The largest absolute Gasteiger partial charge is 0.427 e. The maximum atomic E-state index is 14.5. The van der Waals surface area contributed by atoms with Crippen LogP contribution in [0.5, 0.6) is 11.5 Å². The maximum Gasteiger partial charge on any atom is 0.311 e. The van der Waals surface area contributed by atoms with Crippen molar-refractivity contribution in [3.63, 3.8) is 0 Å². The number of hydrogen-bond donors (Lipinski definition) is 0. The van der Waals surface area contributed by atoms with Crippen LogP contribution in [0, 0.1) is 23.0 Å². The molecule has 9 heteroatoms. The highest BCUT2D eigenvalue weighted by Gasteiger charge is 2.11. The molecule has 0 aliphatic rings. The van der Waals surface area contributed by atoms with Crippen LogP contribution >= 0.6 is 0 Å². The van der Waals surface area contributed by atoms with E-state index in [9.17, 15) is 18.4 Å². The SMILES string of the molecule is N#Cc1ncc2cc(OC(=O)CCCCCCCCC(=O)Oc3ccc(-c4ccc(F)cc4)c(F)c3)ccc2n1. The summed E-state index contributed by atoms with van der Waals surface area (Å²) >= 11 is 0. The molecule has 0 saturated heterocycles. The van der Waals surface area contributed by atoms with Crippen molar-refractivity contribution in [2.24, 2.45) is 0 Å². The van der Waals surface area contributed by atoms with Crippen LogP contribution < -0.4 is 9.47 Å². The predicted molar refractivity (Wildman–Crippen MR) is 144 cm³/mol. The van der Waals surface area contributed by atoms with Gasteiger partial charge in [-0.2, -0.15) is 5.26 Å². The number of halogens is 2. The standard InChI is InChI=1S/C31H27F2N3O4/c32-23-11-9-21(10-12-23)26-15-13-25(18-27(26)33)40-31(38)8-6-4-2-1-3-5-7-30(37)39-24-14-16-28-22(17-24)20-35-29(19-34)36-28/h9-18,20H,1-8H2. The minimum atomic E-state index is -0.553. The van der Waals surface area contributed by atoms with E-state index in [-0.39, 0.29) is 24.0 Å². The van der Waals surface area contributed by atoms with Crippen molar-refractivity contribution in [3.8, 4) is 28.7 Å². The number of nitriles is 1. The number of carbonyl (C=O) groups excluding carboxylic acids is 2. The zero-order valence-corrected chi connectivity index (χ0v) is 21.7. The van der Waals surface area contributed by atoms with Gasteiger partial charge in [0.05, 0.1) is 5.52 Å². The van der Waals surface area contributed by atoms with Gasteiger partial charge in [-0.1, -0.05) is 37.8 Å². The number of fused-ring (bicyclic) bond motifs is 1. The Morgan fingerprint density at radius 2 is 1.38 bits per heavy atom. The molecule has 0 bridgehead atoms. The third-order valence-corrected chi connectivity index (χ3v) is 6.22. The fourth-order valence-electron chi connectivity index (χ4n) is 4.16. The zero-order chi connectivity index (χ0) is 28.3. The summed E-state index contributed by atoms with van der Waals surface area (Å²) in [6, 6.07) is 16.5. The van der Waals surface area contributed by atoms with Crippen molar-refractivity contribution in [2.45, 2.75) is 51.4 Å². The van der Waals surface area contributed by atoms with E-state index < -0.39 is 17.6 Å². The van der Waals surface area contributed by atoms with Gasteiger partial charge in [0.1, 0.15) is 29.2 Å². The molecule has 0 atom stereocenters. The lowest BCUT2D eigenvalue weighted by Crippen LogP contribution is -2.08. The summed E-state index contributed by atoms with van der Waals surface area (Å²) in [7, 11) is 0. The second kappa shape index (κ2) is 13.9. The Labute approximate surface area is 230 Å². The number of esters is 2. The normalized spacial score (nSPS) is 10.7. The number of nitrogens with zero attached hydrogens (tertiary/aromatic N) is 3. The van der Waals surface area contributed by atoms with Gasteiger partial charge in [-0.3, -0.25) is 9.59 Å². The first-order chi connectivity index (χ1) is 19.4. The lowest BCUT2D eigenvalue weighted by atomic mass is 10.1. The van der Waals surface area contributed by atoms with Gasteiger partial charge in [0.2, 0.25) is 5.82 Å². The first kappa shape index (κ1) is 28.3. The molecule has 1 heterocycles. The van der Waals surface area contributed by atoms with Gasteiger partial charge in [-0.15, -0.1) is 0 Å². The third kappa shape index (κ3) is 8.14. The van der Waals surface area contributed by atoms with E-state index in [0.29, 0.717) is 47.0 Å². The molecule has 0 aliphatic heterocycles. The highest BCUT2D eigenvalue weighted by Crippen LogP contribution is 2.27. The third-order valence-electron chi connectivity index (χ3n) is 6.22. The molecule has 0 saturated carbocycles. The Morgan fingerprint density at radius 3 is 2.00 bits per heavy atom. The molecular formula is C31H27F2N3O4. The molecule has 0 aliphatic carbocycles. The molecule has 0 fully saturated rings. The summed E-state index contributed by atoms with van der Waals surface area (Å²) in [5, 5.41) is 9.55. The van der Waals surface area contributed by atoms with Crippen molar-refractivity contribution >= 4 is 22.8 Å². The first-order valence-electron chi connectivity index (χ1n) is 13.0. The Balaban J connectivity index is 1.08. The second-order valence-electron chi connectivity index (χ2n) is 9.24. The topological polar surface area (TPSA) is 102 Å². The van der Waals surface area contributed by atoms with E-state index in [1.165, 1.54) is 42.6 Å². The van der Waals surface area contributed by atoms with Gasteiger partial charge < -0.3 is 9.47 Å². The highest BCUT2D eigenvalue weighted by atomic mass is 19.1. The van der Waals surface area contributed by atoms with Gasteiger partial charge in [-0.25, -0.2) is 18.7 Å². The zero-order valence-electron chi connectivity index (χ0n) is 21.7. The van der Waals surface area contributed by atoms with Crippen LogP contribution in [0.25, 0.3) is 22.0 Å². The van der Waals surface area contributed by atoms with E-state index in [1.54, 1.807) is 18.2 Å². The first-order valence-corrected chi connectivity index (χ1v) is 13.0. The molecule has 40 heavy (non-hydrogen) atoms. The van der Waals surface area contributed by atoms with Crippen molar-refractivity contribution in [1.29, 1.82) is 5.26 Å². The Kier molecular flexibility index (Phi) is 9.83. The fraction of sp³-hybridized carbons (Fsp3) is 0.258.